The summed E-state index contributed by atoms with van der Waals surface area (Å²) >= 11 is 4.65. The average Bonchev–Trinajstić information content (AvgIpc) is 2.95. The zero-order valence-electron chi connectivity index (χ0n) is 13.1. The molecule has 0 spiro atoms. The van der Waals surface area contributed by atoms with Gasteiger partial charge in [-0.05, 0) is 19.8 Å². The van der Waals surface area contributed by atoms with Gasteiger partial charge in [0.2, 0.25) is 0 Å². The Morgan fingerprint density at radius 1 is 1.04 bits per heavy atom. The van der Waals surface area contributed by atoms with Gasteiger partial charge in [-0.2, -0.15) is 0 Å². The van der Waals surface area contributed by atoms with Crippen LogP contribution in [0.15, 0.2) is 15.2 Å². The quantitative estimate of drug-likeness (QED) is 0.460. The molecule has 1 nitrogen and oxygen atoms in total. The van der Waals surface area contributed by atoms with E-state index < -0.39 is 28.8 Å². The molecule has 1 aromatic carbocycles. The maximum Gasteiger partial charge on any atom is 0.166 e. The van der Waals surface area contributed by atoms with E-state index in [-0.39, 0.29) is 16.5 Å². The van der Waals surface area contributed by atoms with E-state index in [9.17, 15) is 17.6 Å². The summed E-state index contributed by atoms with van der Waals surface area (Å²) in [6, 6.07) is 0.246. The highest BCUT2D eigenvalue weighted by atomic mass is 32.2. The fourth-order valence-corrected chi connectivity index (χ4v) is 7.33. The third-order valence-electron chi connectivity index (χ3n) is 4.01. The van der Waals surface area contributed by atoms with Crippen LogP contribution in [0.25, 0.3) is 0 Å². The number of hydrogen-bond donors (Lipinski definition) is 0. The van der Waals surface area contributed by atoms with Crippen LogP contribution in [-0.2, 0) is 5.75 Å². The molecule has 8 heteroatoms. The van der Waals surface area contributed by atoms with Gasteiger partial charge in [0, 0.05) is 35.4 Å². The molecule has 0 N–H and O–H groups in total. The molecule has 1 atom stereocenters. The lowest BCUT2D eigenvalue weighted by molar-refractivity contribution is 0.253. The highest BCUT2D eigenvalue weighted by molar-refractivity contribution is 8.31. The number of thioether (sulfide) groups is 3. The molecule has 2 aliphatic heterocycles. The van der Waals surface area contributed by atoms with Crippen molar-refractivity contribution >= 4 is 35.3 Å². The van der Waals surface area contributed by atoms with Crippen LogP contribution < -0.4 is 0 Å². The Labute approximate surface area is 151 Å². The van der Waals surface area contributed by atoms with Crippen LogP contribution >= 0.6 is 35.3 Å². The second kappa shape index (κ2) is 7.93. The van der Waals surface area contributed by atoms with Gasteiger partial charge in [-0.1, -0.05) is 29.9 Å². The third-order valence-corrected chi connectivity index (χ3v) is 8.57. The summed E-state index contributed by atoms with van der Waals surface area (Å²) in [5.74, 6) is -5.44. The Kier molecular flexibility index (Phi) is 6.11. The standard InChI is InChI=1S/C16H17F4NS3/c1-9-15(24-16(23-9)21-5-3-2-4-6-21)22-8-10-13(19)11(17)7-12(18)14(10)20/h7,16H,2-6,8H2,1H3. The Balaban J connectivity index is 1.66. The molecule has 2 heterocycles. The van der Waals surface area contributed by atoms with E-state index in [0.29, 0.717) is 0 Å². The summed E-state index contributed by atoms with van der Waals surface area (Å²) in [5.41, 5.74) is -0.537. The molecule has 1 unspecified atom stereocenters. The highest BCUT2D eigenvalue weighted by Gasteiger charge is 2.30. The normalized spacial score (nSPS) is 22.5. The van der Waals surface area contributed by atoms with Crippen molar-refractivity contribution in [1.82, 2.24) is 4.90 Å². The van der Waals surface area contributed by atoms with Crippen LogP contribution in [0.5, 0.6) is 0 Å². The van der Waals surface area contributed by atoms with Crippen molar-refractivity contribution in [1.29, 1.82) is 0 Å². The van der Waals surface area contributed by atoms with Crippen molar-refractivity contribution in [3.8, 4) is 0 Å². The smallest absolute Gasteiger partial charge is 0.166 e. The topological polar surface area (TPSA) is 3.24 Å². The van der Waals surface area contributed by atoms with Gasteiger partial charge in [0.1, 0.15) is 4.71 Å². The first-order chi connectivity index (χ1) is 11.5. The van der Waals surface area contributed by atoms with Crippen molar-refractivity contribution in [3.05, 3.63) is 44.0 Å². The van der Waals surface area contributed by atoms with Crippen LogP contribution in [-0.4, -0.2) is 22.7 Å². The van der Waals surface area contributed by atoms with Gasteiger partial charge < -0.3 is 0 Å². The summed E-state index contributed by atoms with van der Waals surface area (Å²) < 4.78 is 55.3. The van der Waals surface area contributed by atoms with E-state index in [1.54, 1.807) is 23.5 Å². The van der Waals surface area contributed by atoms with Crippen LogP contribution in [0.4, 0.5) is 17.6 Å². The van der Waals surface area contributed by atoms with Crippen molar-refractivity contribution in [2.45, 2.75) is 36.6 Å². The molecule has 0 radical (unpaired) electrons. The van der Waals surface area contributed by atoms with E-state index in [4.69, 9.17) is 0 Å². The SMILES string of the molecule is CC1=C(SCc2c(F)c(F)cc(F)c2F)SC(N2CCCCC2)S1. The number of piperidine rings is 1. The number of halogens is 4. The van der Waals surface area contributed by atoms with E-state index >= 15 is 0 Å². The molecule has 1 saturated heterocycles. The minimum absolute atomic E-state index is 0.126. The van der Waals surface area contributed by atoms with E-state index in [1.807, 2.05) is 6.92 Å². The van der Waals surface area contributed by atoms with Crippen molar-refractivity contribution in [3.63, 3.8) is 0 Å². The summed E-state index contributed by atoms with van der Waals surface area (Å²) in [6.45, 7) is 4.10. The molecule has 0 aliphatic carbocycles. The maximum absolute atomic E-state index is 13.7. The molecule has 0 saturated carbocycles. The first-order valence-corrected chi connectivity index (χ1v) is 10.4. The third kappa shape index (κ3) is 3.92. The molecule has 24 heavy (non-hydrogen) atoms. The fraction of sp³-hybridized carbons (Fsp3) is 0.500. The Morgan fingerprint density at radius 2 is 1.67 bits per heavy atom. The molecule has 132 valence electrons. The van der Waals surface area contributed by atoms with Gasteiger partial charge >= 0.3 is 0 Å². The van der Waals surface area contributed by atoms with Crippen LogP contribution in [0.1, 0.15) is 31.7 Å². The zero-order valence-corrected chi connectivity index (χ0v) is 15.5. The van der Waals surface area contributed by atoms with E-state index in [2.05, 4.69) is 4.90 Å². The number of rotatable bonds is 4. The Bertz CT molecular complexity index is 633. The van der Waals surface area contributed by atoms with Crippen molar-refractivity contribution < 1.29 is 17.6 Å². The first kappa shape index (κ1) is 18.5. The van der Waals surface area contributed by atoms with Crippen molar-refractivity contribution in [2.75, 3.05) is 13.1 Å². The van der Waals surface area contributed by atoms with Crippen LogP contribution in [0.3, 0.4) is 0 Å². The second-order valence-corrected chi connectivity index (χ2v) is 9.65. The molecule has 1 fully saturated rings. The summed E-state index contributed by atoms with van der Waals surface area (Å²) in [4.78, 5) is 3.51. The number of benzene rings is 1. The molecular formula is C16H17F4NS3. The summed E-state index contributed by atoms with van der Waals surface area (Å²) in [7, 11) is 0. The van der Waals surface area contributed by atoms with Crippen LogP contribution in [0, 0.1) is 23.3 Å². The number of likely N-dealkylation sites (tertiary alicyclic amines) is 1. The molecular weight excluding hydrogens is 378 g/mol. The van der Waals surface area contributed by atoms with E-state index in [1.165, 1.54) is 31.0 Å². The largest absolute Gasteiger partial charge is 0.283 e. The lowest BCUT2D eigenvalue weighted by atomic mass is 10.1. The van der Waals surface area contributed by atoms with Gasteiger partial charge in [0.05, 0.1) is 4.24 Å². The Hall–Kier alpha value is -0.310. The monoisotopic (exact) mass is 395 g/mol. The van der Waals surface area contributed by atoms with Gasteiger partial charge in [0.15, 0.2) is 23.3 Å². The minimum Gasteiger partial charge on any atom is -0.283 e. The first-order valence-electron chi connectivity index (χ1n) is 7.70. The van der Waals surface area contributed by atoms with Gasteiger partial charge in [-0.25, -0.2) is 17.6 Å². The number of nitrogens with zero attached hydrogens (tertiary/aromatic N) is 1. The van der Waals surface area contributed by atoms with Gasteiger partial charge in [-0.15, -0.1) is 11.8 Å². The van der Waals surface area contributed by atoms with E-state index in [0.717, 1.165) is 22.2 Å². The fourth-order valence-electron chi connectivity index (χ4n) is 2.70. The molecule has 2 aliphatic rings. The van der Waals surface area contributed by atoms with Gasteiger partial charge in [-0.3, -0.25) is 4.90 Å². The highest BCUT2D eigenvalue weighted by Crippen LogP contribution is 2.52. The molecule has 0 aromatic heterocycles. The molecule has 0 amide bonds. The maximum atomic E-state index is 13.7. The summed E-state index contributed by atoms with van der Waals surface area (Å²) in [5, 5.41) is 0. The predicted molar refractivity (Wildman–Crippen MR) is 94.7 cm³/mol. The second-order valence-electron chi connectivity index (χ2n) is 5.72. The lowest BCUT2D eigenvalue weighted by Gasteiger charge is -2.31. The average molecular weight is 396 g/mol. The predicted octanol–water partition coefficient (Wildman–Crippen LogP) is 5.91. The molecule has 3 rings (SSSR count). The number of hydrogen-bond acceptors (Lipinski definition) is 4. The molecule has 0 bridgehead atoms. The Morgan fingerprint density at radius 3 is 2.29 bits per heavy atom. The lowest BCUT2D eigenvalue weighted by Crippen LogP contribution is -2.34. The summed E-state index contributed by atoms with van der Waals surface area (Å²) in [6.07, 6.45) is 3.65. The van der Waals surface area contributed by atoms with Gasteiger partial charge in [0.25, 0.3) is 0 Å². The number of allylic oxidation sites excluding steroid dienone is 1. The van der Waals surface area contributed by atoms with Crippen molar-refractivity contribution in [2.24, 2.45) is 0 Å². The zero-order chi connectivity index (χ0) is 17.3. The molecule has 1 aromatic rings. The van der Waals surface area contributed by atoms with Crippen LogP contribution in [0.2, 0.25) is 0 Å². The minimum atomic E-state index is -1.35.